The molecule has 4 heteroatoms. The van der Waals surface area contributed by atoms with Gasteiger partial charge in [-0.15, -0.1) is 0 Å². The number of nitrogens with two attached hydrogens (primary N) is 1. The van der Waals surface area contributed by atoms with Crippen molar-refractivity contribution in [1.82, 2.24) is 4.90 Å². The van der Waals surface area contributed by atoms with Crippen molar-refractivity contribution < 1.29 is 9.53 Å². The van der Waals surface area contributed by atoms with Crippen molar-refractivity contribution in [3.63, 3.8) is 0 Å². The molecule has 0 spiro atoms. The zero-order chi connectivity index (χ0) is 12.8. The highest BCUT2D eigenvalue weighted by molar-refractivity contribution is 5.78. The van der Waals surface area contributed by atoms with E-state index in [1.807, 2.05) is 20.8 Å². The predicted octanol–water partition coefficient (Wildman–Crippen LogP) is 1.90. The molecule has 1 rings (SSSR count). The van der Waals surface area contributed by atoms with Gasteiger partial charge in [0.05, 0.1) is 0 Å². The summed E-state index contributed by atoms with van der Waals surface area (Å²) in [5.41, 5.74) is 6.25. The summed E-state index contributed by atoms with van der Waals surface area (Å²) in [5, 5.41) is 0. The van der Waals surface area contributed by atoms with Gasteiger partial charge in [-0.25, -0.2) is 0 Å². The average Bonchev–Trinajstić information content (AvgIpc) is 2.27. The average molecular weight is 236 g/mol. The smallest absolute Gasteiger partial charge is 0.260 e. The van der Waals surface area contributed by atoms with Crippen LogP contribution in [0.3, 0.4) is 0 Å². The van der Waals surface area contributed by atoms with Crippen LogP contribution < -0.4 is 10.5 Å². The van der Waals surface area contributed by atoms with Crippen LogP contribution in [0.4, 0.5) is 5.69 Å². The lowest BCUT2D eigenvalue weighted by atomic mass is 10.3. The molecular formula is C13H20N2O2. The van der Waals surface area contributed by atoms with Crippen molar-refractivity contribution in [3.05, 3.63) is 24.3 Å². The van der Waals surface area contributed by atoms with E-state index in [-0.39, 0.29) is 18.6 Å². The van der Waals surface area contributed by atoms with Gasteiger partial charge in [-0.1, -0.05) is 6.07 Å². The van der Waals surface area contributed by atoms with Gasteiger partial charge in [0, 0.05) is 24.3 Å². The summed E-state index contributed by atoms with van der Waals surface area (Å²) in [5.74, 6) is 0.614. The SMILES string of the molecule is CCN(C(=O)COc1cccc(N)c1)C(C)C. The monoisotopic (exact) mass is 236 g/mol. The number of nitrogen functional groups attached to an aromatic ring is 1. The van der Waals surface area contributed by atoms with Gasteiger partial charge in [-0.2, -0.15) is 0 Å². The van der Waals surface area contributed by atoms with Crippen LogP contribution in [0, 0.1) is 0 Å². The van der Waals surface area contributed by atoms with Crippen LogP contribution in [-0.2, 0) is 4.79 Å². The van der Waals surface area contributed by atoms with Gasteiger partial charge in [0.2, 0.25) is 0 Å². The molecule has 0 aliphatic rings. The third-order valence-corrected chi connectivity index (χ3v) is 2.50. The maximum Gasteiger partial charge on any atom is 0.260 e. The highest BCUT2D eigenvalue weighted by Gasteiger charge is 2.15. The maximum atomic E-state index is 11.8. The van der Waals surface area contributed by atoms with Crippen molar-refractivity contribution in [2.75, 3.05) is 18.9 Å². The first-order chi connectivity index (χ1) is 8.04. The fourth-order valence-corrected chi connectivity index (χ4v) is 1.66. The van der Waals surface area contributed by atoms with E-state index < -0.39 is 0 Å². The fourth-order valence-electron chi connectivity index (χ4n) is 1.66. The Morgan fingerprint density at radius 3 is 2.71 bits per heavy atom. The van der Waals surface area contributed by atoms with Gasteiger partial charge >= 0.3 is 0 Å². The fraction of sp³-hybridized carbons (Fsp3) is 0.462. The number of nitrogens with zero attached hydrogens (tertiary/aromatic N) is 1. The Balaban J connectivity index is 2.53. The quantitative estimate of drug-likeness (QED) is 0.794. The lowest BCUT2D eigenvalue weighted by Crippen LogP contribution is -2.39. The van der Waals surface area contributed by atoms with Crippen LogP contribution in [0.2, 0.25) is 0 Å². The summed E-state index contributed by atoms with van der Waals surface area (Å²) >= 11 is 0. The molecule has 17 heavy (non-hydrogen) atoms. The molecule has 94 valence electrons. The Morgan fingerprint density at radius 2 is 2.18 bits per heavy atom. The molecule has 0 fully saturated rings. The summed E-state index contributed by atoms with van der Waals surface area (Å²) in [4.78, 5) is 13.6. The van der Waals surface area contributed by atoms with E-state index in [1.54, 1.807) is 29.2 Å². The molecule has 0 saturated carbocycles. The van der Waals surface area contributed by atoms with Crippen LogP contribution in [0.15, 0.2) is 24.3 Å². The molecule has 0 radical (unpaired) electrons. The van der Waals surface area contributed by atoms with E-state index in [1.165, 1.54) is 0 Å². The van der Waals surface area contributed by atoms with E-state index in [4.69, 9.17) is 10.5 Å². The Hall–Kier alpha value is -1.71. The zero-order valence-corrected chi connectivity index (χ0v) is 10.6. The summed E-state index contributed by atoms with van der Waals surface area (Å²) in [6.07, 6.45) is 0. The number of anilines is 1. The molecule has 0 aliphatic carbocycles. The molecule has 4 nitrogen and oxygen atoms in total. The third kappa shape index (κ3) is 3.98. The van der Waals surface area contributed by atoms with E-state index in [9.17, 15) is 4.79 Å². The zero-order valence-electron chi connectivity index (χ0n) is 10.6. The normalized spacial score (nSPS) is 10.4. The topological polar surface area (TPSA) is 55.6 Å². The molecule has 1 aromatic rings. The van der Waals surface area contributed by atoms with Crippen LogP contribution >= 0.6 is 0 Å². The molecule has 1 amide bonds. The number of hydrogen-bond donors (Lipinski definition) is 1. The van der Waals surface area contributed by atoms with Crippen molar-refractivity contribution in [1.29, 1.82) is 0 Å². The van der Waals surface area contributed by atoms with Gasteiger partial charge in [-0.3, -0.25) is 4.79 Å². The van der Waals surface area contributed by atoms with E-state index in [0.29, 0.717) is 18.0 Å². The second-order valence-electron chi connectivity index (χ2n) is 4.13. The number of hydrogen-bond acceptors (Lipinski definition) is 3. The molecular weight excluding hydrogens is 216 g/mol. The largest absolute Gasteiger partial charge is 0.484 e. The van der Waals surface area contributed by atoms with Crippen LogP contribution in [0.5, 0.6) is 5.75 Å². The Morgan fingerprint density at radius 1 is 1.47 bits per heavy atom. The summed E-state index contributed by atoms with van der Waals surface area (Å²) < 4.78 is 5.41. The molecule has 0 atom stereocenters. The molecule has 0 unspecified atom stereocenters. The Bertz CT molecular complexity index is 377. The van der Waals surface area contributed by atoms with Gasteiger partial charge in [-0.05, 0) is 32.9 Å². The molecule has 1 aromatic carbocycles. The minimum absolute atomic E-state index is 0.00933. The predicted molar refractivity (Wildman–Crippen MR) is 68.9 cm³/mol. The minimum atomic E-state index is -0.00933. The van der Waals surface area contributed by atoms with E-state index >= 15 is 0 Å². The molecule has 0 saturated heterocycles. The number of carbonyl (C=O) groups is 1. The molecule has 0 aliphatic heterocycles. The standard InChI is InChI=1S/C13H20N2O2/c1-4-15(10(2)3)13(16)9-17-12-7-5-6-11(14)8-12/h5-8,10H,4,9,14H2,1-3H3. The highest BCUT2D eigenvalue weighted by atomic mass is 16.5. The summed E-state index contributed by atoms with van der Waals surface area (Å²) in [7, 11) is 0. The van der Waals surface area contributed by atoms with Crippen LogP contribution in [0.1, 0.15) is 20.8 Å². The second kappa shape index (κ2) is 6.13. The number of likely N-dealkylation sites (N-methyl/N-ethyl adjacent to an activating group) is 1. The van der Waals surface area contributed by atoms with E-state index in [0.717, 1.165) is 0 Å². The van der Waals surface area contributed by atoms with Crippen molar-refractivity contribution >= 4 is 11.6 Å². The Labute approximate surface area is 102 Å². The molecule has 0 heterocycles. The first-order valence-electron chi connectivity index (χ1n) is 5.82. The van der Waals surface area contributed by atoms with Crippen molar-refractivity contribution in [2.24, 2.45) is 0 Å². The summed E-state index contributed by atoms with van der Waals surface area (Å²) in [6, 6.07) is 7.27. The number of carbonyl (C=O) groups excluding carboxylic acids is 1. The Kier molecular flexibility index (Phi) is 4.82. The minimum Gasteiger partial charge on any atom is -0.484 e. The maximum absolute atomic E-state index is 11.8. The number of ether oxygens (including phenoxy) is 1. The summed E-state index contributed by atoms with van der Waals surface area (Å²) in [6.45, 7) is 6.68. The molecule has 0 bridgehead atoms. The number of rotatable bonds is 5. The number of benzene rings is 1. The first-order valence-corrected chi connectivity index (χ1v) is 5.82. The van der Waals surface area contributed by atoms with Gasteiger partial charge in [0.25, 0.3) is 5.91 Å². The lowest BCUT2D eigenvalue weighted by Gasteiger charge is -2.25. The van der Waals surface area contributed by atoms with Gasteiger partial charge < -0.3 is 15.4 Å². The highest BCUT2D eigenvalue weighted by Crippen LogP contribution is 2.14. The molecule has 0 aromatic heterocycles. The third-order valence-electron chi connectivity index (χ3n) is 2.50. The van der Waals surface area contributed by atoms with Gasteiger partial charge in [0.1, 0.15) is 5.75 Å². The van der Waals surface area contributed by atoms with E-state index in [2.05, 4.69) is 0 Å². The first kappa shape index (κ1) is 13.4. The molecule has 2 N–H and O–H groups in total. The van der Waals surface area contributed by atoms with Gasteiger partial charge in [0.15, 0.2) is 6.61 Å². The van der Waals surface area contributed by atoms with Crippen molar-refractivity contribution in [2.45, 2.75) is 26.8 Å². The van der Waals surface area contributed by atoms with Crippen molar-refractivity contribution in [3.8, 4) is 5.75 Å². The second-order valence-corrected chi connectivity index (χ2v) is 4.13. The van der Waals surface area contributed by atoms with Crippen LogP contribution in [0.25, 0.3) is 0 Å². The lowest BCUT2D eigenvalue weighted by molar-refractivity contribution is -0.134. The van der Waals surface area contributed by atoms with Crippen LogP contribution in [-0.4, -0.2) is 30.0 Å². The number of amides is 1.